The summed E-state index contributed by atoms with van der Waals surface area (Å²) in [6, 6.07) is 7.53. The quantitative estimate of drug-likeness (QED) is 0.783. The van der Waals surface area contributed by atoms with Crippen molar-refractivity contribution in [3.05, 3.63) is 34.9 Å². The lowest BCUT2D eigenvalue weighted by molar-refractivity contribution is -0.120. The van der Waals surface area contributed by atoms with E-state index in [-0.39, 0.29) is 12.5 Å². The molecule has 1 aliphatic heterocycles. The standard InChI is InChI=1S/C10H10ClN3O/c11-8-3-1-7(2-4-8)5-9-12-6-10(15)14-13-9/h1-4H,5-6H2,(H,12,13)(H,14,15). The Kier molecular flexibility index (Phi) is 2.87. The lowest BCUT2D eigenvalue weighted by Crippen LogP contribution is -2.47. The Bertz CT molecular complexity index is 400. The Morgan fingerprint density at radius 1 is 1.27 bits per heavy atom. The molecule has 0 spiro atoms. The zero-order valence-electron chi connectivity index (χ0n) is 7.96. The fraction of sp³-hybridized carbons (Fsp3) is 0.200. The van der Waals surface area contributed by atoms with Gasteiger partial charge >= 0.3 is 0 Å². The van der Waals surface area contributed by atoms with Crippen molar-refractivity contribution in [2.24, 2.45) is 4.99 Å². The molecule has 0 saturated carbocycles. The van der Waals surface area contributed by atoms with E-state index in [1.165, 1.54) is 0 Å². The van der Waals surface area contributed by atoms with E-state index in [9.17, 15) is 4.79 Å². The number of hydrogen-bond acceptors (Lipinski definition) is 3. The van der Waals surface area contributed by atoms with Crippen molar-refractivity contribution in [2.75, 3.05) is 6.54 Å². The first-order valence-corrected chi connectivity index (χ1v) is 4.94. The number of carbonyl (C=O) groups excluding carboxylic acids is 1. The van der Waals surface area contributed by atoms with Gasteiger partial charge in [-0.2, -0.15) is 0 Å². The molecule has 1 aliphatic rings. The number of nitrogens with one attached hydrogen (secondary N) is 2. The van der Waals surface area contributed by atoms with Crippen molar-refractivity contribution in [3.63, 3.8) is 0 Å². The lowest BCUT2D eigenvalue weighted by atomic mass is 10.1. The number of amidine groups is 1. The number of aliphatic imine (C=N–C) groups is 1. The first-order valence-electron chi connectivity index (χ1n) is 4.56. The van der Waals surface area contributed by atoms with Crippen molar-refractivity contribution in [1.29, 1.82) is 0 Å². The molecular formula is C10H10ClN3O. The molecule has 4 nitrogen and oxygen atoms in total. The molecule has 0 saturated heterocycles. The number of halogens is 1. The van der Waals surface area contributed by atoms with Crippen LogP contribution in [0.25, 0.3) is 0 Å². The number of carbonyl (C=O) groups is 1. The minimum absolute atomic E-state index is 0.116. The van der Waals surface area contributed by atoms with Crippen molar-refractivity contribution >= 4 is 23.3 Å². The molecular weight excluding hydrogens is 214 g/mol. The summed E-state index contributed by atoms with van der Waals surface area (Å²) >= 11 is 5.77. The van der Waals surface area contributed by atoms with Gasteiger partial charge in [-0.05, 0) is 17.7 Å². The Morgan fingerprint density at radius 2 is 2.00 bits per heavy atom. The average molecular weight is 224 g/mol. The van der Waals surface area contributed by atoms with E-state index in [4.69, 9.17) is 11.6 Å². The van der Waals surface area contributed by atoms with E-state index in [0.717, 1.165) is 11.4 Å². The van der Waals surface area contributed by atoms with Gasteiger partial charge in [0.15, 0.2) is 0 Å². The predicted molar refractivity (Wildman–Crippen MR) is 58.7 cm³/mol. The number of hydrazine groups is 1. The van der Waals surface area contributed by atoms with Crippen molar-refractivity contribution in [2.45, 2.75) is 6.42 Å². The van der Waals surface area contributed by atoms with Crippen LogP contribution in [0, 0.1) is 0 Å². The Labute approximate surface area is 92.3 Å². The molecule has 78 valence electrons. The predicted octanol–water partition coefficient (Wildman–Crippen LogP) is 0.915. The molecule has 0 aromatic heterocycles. The van der Waals surface area contributed by atoms with Crippen LogP contribution in [0.1, 0.15) is 5.56 Å². The second-order valence-corrected chi connectivity index (χ2v) is 3.68. The highest BCUT2D eigenvalue weighted by atomic mass is 35.5. The van der Waals surface area contributed by atoms with Crippen LogP contribution in [-0.2, 0) is 11.2 Å². The third kappa shape index (κ3) is 2.70. The number of hydrogen-bond donors (Lipinski definition) is 2. The maximum Gasteiger partial charge on any atom is 0.260 e. The van der Waals surface area contributed by atoms with Crippen LogP contribution in [0.5, 0.6) is 0 Å². The van der Waals surface area contributed by atoms with E-state index in [0.29, 0.717) is 11.4 Å². The molecule has 0 fully saturated rings. The summed E-state index contributed by atoms with van der Waals surface area (Å²) in [5, 5.41) is 0.714. The van der Waals surface area contributed by atoms with Crippen molar-refractivity contribution in [1.82, 2.24) is 10.9 Å². The number of rotatable bonds is 2. The molecule has 2 rings (SSSR count). The summed E-state index contributed by atoms with van der Waals surface area (Å²) in [5.41, 5.74) is 6.37. The Hall–Kier alpha value is -1.55. The van der Waals surface area contributed by atoms with Gasteiger partial charge < -0.3 is 0 Å². The molecule has 1 amide bonds. The van der Waals surface area contributed by atoms with Crippen LogP contribution in [-0.4, -0.2) is 18.3 Å². The first kappa shape index (κ1) is 9.98. The van der Waals surface area contributed by atoms with Gasteiger partial charge in [0, 0.05) is 11.4 Å². The Morgan fingerprint density at radius 3 is 2.60 bits per heavy atom. The van der Waals surface area contributed by atoms with Crippen LogP contribution in [0.2, 0.25) is 5.02 Å². The molecule has 1 aromatic carbocycles. The summed E-state index contributed by atoms with van der Waals surface area (Å²) in [6.45, 7) is 0.190. The zero-order chi connectivity index (χ0) is 10.7. The van der Waals surface area contributed by atoms with Crippen molar-refractivity contribution in [3.8, 4) is 0 Å². The molecule has 15 heavy (non-hydrogen) atoms. The molecule has 1 heterocycles. The van der Waals surface area contributed by atoms with Crippen LogP contribution < -0.4 is 10.9 Å². The summed E-state index contributed by atoms with van der Waals surface area (Å²) in [7, 11) is 0. The van der Waals surface area contributed by atoms with E-state index in [2.05, 4.69) is 15.8 Å². The number of nitrogens with zero attached hydrogens (tertiary/aromatic N) is 1. The van der Waals surface area contributed by atoms with Gasteiger partial charge in [0.25, 0.3) is 5.91 Å². The fourth-order valence-electron chi connectivity index (χ4n) is 1.28. The molecule has 0 radical (unpaired) electrons. The van der Waals surface area contributed by atoms with Crippen molar-refractivity contribution < 1.29 is 4.79 Å². The zero-order valence-corrected chi connectivity index (χ0v) is 8.71. The van der Waals surface area contributed by atoms with E-state index >= 15 is 0 Å². The van der Waals surface area contributed by atoms with Gasteiger partial charge in [-0.1, -0.05) is 23.7 Å². The number of benzene rings is 1. The second-order valence-electron chi connectivity index (χ2n) is 3.24. The normalized spacial score (nSPS) is 15.3. The molecule has 0 aliphatic carbocycles. The van der Waals surface area contributed by atoms with E-state index in [1.54, 1.807) is 0 Å². The minimum Gasteiger partial charge on any atom is -0.285 e. The van der Waals surface area contributed by atoms with Crippen LogP contribution >= 0.6 is 11.6 Å². The molecule has 5 heteroatoms. The molecule has 1 aromatic rings. The highest BCUT2D eigenvalue weighted by Crippen LogP contribution is 2.10. The summed E-state index contributed by atoms with van der Waals surface area (Å²) < 4.78 is 0. The van der Waals surface area contributed by atoms with Gasteiger partial charge in [0.1, 0.15) is 12.4 Å². The van der Waals surface area contributed by atoms with Crippen LogP contribution in [0.3, 0.4) is 0 Å². The third-order valence-corrected chi connectivity index (χ3v) is 2.30. The van der Waals surface area contributed by atoms with Gasteiger partial charge in [0.05, 0.1) is 0 Å². The monoisotopic (exact) mass is 223 g/mol. The molecule has 0 atom stereocenters. The van der Waals surface area contributed by atoms with E-state index < -0.39 is 0 Å². The molecule has 2 N–H and O–H groups in total. The average Bonchev–Trinajstić information content (AvgIpc) is 2.25. The van der Waals surface area contributed by atoms with Gasteiger partial charge in [-0.3, -0.25) is 20.6 Å². The minimum atomic E-state index is -0.116. The van der Waals surface area contributed by atoms with Crippen LogP contribution in [0.15, 0.2) is 29.3 Å². The highest BCUT2D eigenvalue weighted by Gasteiger charge is 2.09. The second kappa shape index (κ2) is 4.31. The fourth-order valence-corrected chi connectivity index (χ4v) is 1.41. The van der Waals surface area contributed by atoms with Gasteiger partial charge in [0.2, 0.25) is 0 Å². The number of amides is 1. The SMILES string of the molecule is O=C1CN=C(Cc2ccc(Cl)cc2)NN1. The van der Waals surface area contributed by atoms with Gasteiger partial charge in [-0.15, -0.1) is 0 Å². The molecule has 0 bridgehead atoms. The summed E-state index contributed by atoms with van der Waals surface area (Å²) in [5.74, 6) is 0.645. The van der Waals surface area contributed by atoms with Crippen LogP contribution in [0.4, 0.5) is 0 Å². The topological polar surface area (TPSA) is 53.5 Å². The Balaban J connectivity index is 2.03. The maximum atomic E-state index is 10.8. The summed E-state index contributed by atoms with van der Waals surface area (Å²) in [4.78, 5) is 14.9. The highest BCUT2D eigenvalue weighted by molar-refractivity contribution is 6.30. The maximum absolute atomic E-state index is 10.8. The smallest absolute Gasteiger partial charge is 0.260 e. The lowest BCUT2D eigenvalue weighted by Gasteiger charge is -2.15. The first-order chi connectivity index (χ1) is 7.24. The summed E-state index contributed by atoms with van der Waals surface area (Å²) in [6.07, 6.45) is 0.664. The third-order valence-electron chi connectivity index (χ3n) is 2.04. The molecule has 0 unspecified atom stereocenters. The van der Waals surface area contributed by atoms with Gasteiger partial charge in [-0.25, -0.2) is 0 Å². The largest absolute Gasteiger partial charge is 0.285 e. The van der Waals surface area contributed by atoms with E-state index in [1.807, 2.05) is 24.3 Å².